The lowest BCUT2D eigenvalue weighted by Crippen LogP contribution is -2.34. The van der Waals surface area contributed by atoms with Crippen molar-refractivity contribution < 1.29 is 9.84 Å². The maximum atomic E-state index is 10.1. The minimum Gasteiger partial charge on any atom is -0.389 e. The van der Waals surface area contributed by atoms with Crippen molar-refractivity contribution in [3.63, 3.8) is 0 Å². The highest BCUT2D eigenvalue weighted by atomic mass is 35.5. The Kier molecular flexibility index (Phi) is 6.99. The first kappa shape index (κ1) is 17.9. The molecule has 2 atom stereocenters. The zero-order chi connectivity index (χ0) is 16.7. The van der Waals surface area contributed by atoms with E-state index in [1.165, 1.54) is 0 Å². The number of aliphatic hydroxyl groups excluding tert-OH is 1. The molecular weight excluding hydrogens is 312 g/mol. The Bertz CT molecular complexity index is 577. The van der Waals surface area contributed by atoms with E-state index < -0.39 is 6.10 Å². The molecule has 5 heteroatoms. The number of aliphatic hydroxyl groups is 1. The normalized spacial score (nSPS) is 14.0. The standard InChI is InChI=1S/C18H23ClN2O2/c1-14(18-5-3-4-10-20-18)21(2)11-17(22)13-23-12-15-6-8-16(19)9-7-15/h3-10,14,17,22H,11-13H2,1-2H3. The van der Waals surface area contributed by atoms with Crippen LogP contribution in [0.4, 0.5) is 0 Å². The molecule has 2 unspecified atom stereocenters. The van der Waals surface area contributed by atoms with Gasteiger partial charge in [-0.25, -0.2) is 0 Å². The molecule has 1 heterocycles. The lowest BCUT2D eigenvalue weighted by molar-refractivity contribution is 0.00829. The second-order valence-electron chi connectivity index (χ2n) is 5.67. The molecule has 4 nitrogen and oxygen atoms in total. The Morgan fingerprint density at radius 2 is 1.96 bits per heavy atom. The SMILES string of the molecule is CC(c1ccccn1)N(C)CC(O)COCc1ccc(Cl)cc1. The molecule has 1 N–H and O–H groups in total. The number of likely N-dealkylation sites (N-methyl/N-ethyl adjacent to an activating group) is 1. The van der Waals surface area contributed by atoms with Crippen molar-refractivity contribution in [3.8, 4) is 0 Å². The minimum absolute atomic E-state index is 0.141. The van der Waals surface area contributed by atoms with E-state index in [0.717, 1.165) is 11.3 Å². The van der Waals surface area contributed by atoms with Crippen molar-refractivity contribution in [3.05, 3.63) is 64.9 Å². The number of hydrogen-bond acceptors (Lipinski definition) is 4. The van der Waals surface area contributed by atoms with E-state index >= 15 is 0 Å². The van der Waals surface area contributed by atoms with Crippen molar-refractivity contribution in [1.29, 1.82) is 0 Å². The molecular formula is C18H23ClN2O2. The third-order valence-electron chi connectivity index (χ3n) is 3.77. The average molecular weight is 335 g/mol. The van der Waals surface area contributed by atoms with Crippen molar-refractivity contribution in [1.82, 2.24) is 9.88 Å². The van der Waals surface area contributed by atoms with Crippen LogP contribution < -0.4 is 0 Å². The van der Waals surface area contributed by atoms with Gasteiger partial charge in [-0.3, -0.25) is 9.88 Å². The van der Waals surface area contributed by atoms with Crippen LogP contribution in [-0.4, -0.2) is 41.3 Å². The maximum Gasteiger partial charge on any atom is 0.0900 e. The van der Waals surface area contributed by atoms with E-state index in [9.17, 15) is 5.11 Å². The third-order valence-corrected chi connectivity index (χ3v) is 4.02. The molecule has 23 heavy (non-hydrogen) atoms. The number of hydrogen-bond donors (Lipinski definition) is 1. The van der Waals surface area contributed by atoms with Crippen LogP contribution in [0.1, 0.15) is 24.2 Å². The largest absolute Gasteiger partial charge is 0.389 e. The summed E-state index contributed by atoms with van der Waals surface area (Å²) in [5.41, 5.74) is 2.03. The van der Waals surface area contributed by atoms with Crippen LogP contribution in [0.15, 0.2) is 48.7 Å². The van der Waals surface area contributed by atoms with Gasteiger partial charge in [0.2, 0.25) is 0 Å². The number of rotatable bonds is 8. The fourth-order valence-corrected chi connectivity index (χ4v) is 2.41. The Balaban J connectivity index is 1.73. The summed E-state index contributed by atoms with van der Waals surface area (Å²) in [5, 5.41) is 10.8. The lowest BCUT2D eigenvalue weighted by atomic mass is 10.2. The van der Waals surface area contributed by atoms with Crippen LogP contribution in [0.2, 0.25) is 5.02 Å². The number of pyridine rings is 1. The van der Waals surface area contributed by atoms with Gasteiger partial charge in [0.1, 0.15) is 0 Å². The predicted molar refractivity (Wildman–Crippen MR) is 92.4 cm³/mol. The quantitative estimate of drug-likeness (QED) is 0.804. The molecule has 0 aliphatic rings. The van der Waals surface area contributed by atoms with Gasteiger partial charge in [0, 0.05) is 23.8 Å². The number of aromatic nitrogens is 1. The number of nitrogens with zero attached hydrogens (tertiary/aromatic N) is 2. The lowest BCUT2D eigenvalue weighted by Gasteiger charge is -2.26. The summed E-state index contributed by atoms with van der Waals surface area (Å²) < 4.78 is 5.57. The van der Waals surface area contributed by atoms with Gasteiger partial charge in [-0.1, -0.05) is 29.8 Å². The molecule has 0 aliphatic heterocycles. The summed E-state index contributed by atoms with van der Waals surface area (Å²) in [6, 6.07) is 13.5. The summed E-state index contributed by atoms with van der Waals surface area (Å²) in [5.74, 6) is 0. The van der Waals surface area contributed by atoms with Crippen LogP contribution in [0.5, 0.6) is 0 Å². The molecule has 0 saturated carbocycles. The molecule has 0 spiro atoms. The Morgan fingerprint density at radius 3 is 2.61 bits per heavy atom. The molecule has 0 saturated heterocycles. The van der Waals surface area contributed by atoms with Crippen LogP contribution >= 0.6 is 11.6 Å². The van der Waals surface area contributed by atoms with Crippen LogP contribution in [-0.2, 0) is 11.3 Å². The van der Waals surface area contributed by atoms with Gasteiger partial charge in [-0.05, 0) is 43.8 Å². The molecule has 0 aliphatic carbocycles. The van der Waals surface area contributed by atoms with E-state index in [-0.39, 0.29) is 6.04 Å². The van der Waals surface area contributed by atoms with Gasteiger partial charge in [-0.2, -0.15) is 0 Å². The molecule has 0 radical (unpaired) electrons. The summed E-state index contributed by atoms with van der Waals surface area (Å²) in [6.07, 6.45) is 1.24. The van der Waals surface area contributed by atoms with Gasteiger partial charge < -0.3 is 9.84 Å². The van der Waals surface area contributed by atoms with Crippen molar-refractivity contribution in [2.24, 2.45) is 0 Å². The van der Waals surface area contributed by atoms with Crippen LogP contribution in [0, 0.1) is 0 Å². The van der Waals surface area contributed by atoms with Gasteiger partial charge in [0.25, 0.3) is 0 Å². The second kappa shape index (κ2) is 8.99. The molecule has 2 aromatic rings. The first-order valence-electron chi connectivity index (χ1n) is 7.67. The molecule has 1 aromatic carbocycles. The zero-order valence-corrected chi connectivity index (χ0v) is 14.3. The second-order valence-corrected chi connectivity index (χ2v) is 6.10. The van der Waals surface area contributed by atoms with Crippen molar-refractivity contribution >= 4 is 11.6 Å². The summed E-state index contributed by atoms with van der Waals surface area (Å²) in [7, 11) is 1.97. The zero-order valence-electron chi connectivity index (χ0n) is 13.5. The highest BCUT2D eigenvalue weighted by molar-refractivity contribution is 6.30. The molecule has 124 valence electrons. The fraction of sp³-hybridized carbons (Fsp3) is 0.389. The smallest absolute Gasteiger partial charge is 0.0900 e. The Morgan fingerprint density at radius 1 is 1.22 bits per heavy atom. The molecule has 1 aromatic heterocycles. The molecule has 0 fully saturated rings. The maximum absolute atomic E-state index is 10.1. The van der Waals surface area contributed by atoms with Gasteiger partial charge >= 0.3 is 0 Å². The summed E-state index contributed by atoms with van der Waals surface area (Å²) >= 11 is 5.84. The topological polar surface area (TPSA) is 45.6 Å². The van der Waals surface area contributed by atoms with E-state index in [1.807, 2.05) is 49.5 Å². The van der Waals surface area contributed by atoms with E-state index in [1.54, 1.807) is 6.20 Å². The fourth-order valence-electron chi connectivity index (χ4n) is 2.29. The number of ether oxygens (including phenoxy) is 1. The molecule has 2 rings (SSSR count). The van der Waals surface area contributed by atoms with E-state index in [0.29, 0.717) is 24.8 Å². The highest BCUT2D eigenvalue weighted by Gasteiger charge is 2.16. The van der Waals surface area contributed by atoms with Crippen molar-refractivity contribution in [2.45, 2.75) is 25.7 Å². The van der Waals surface area contributed by atoms with Gasteiger partial charge in [0.15, 0.2) is 0 Å². The Hall–Kier alpha value is -1.46. The highest BCUT2D eigenvalue weighted by Crippen LogP contribution is 2.16. The predicted octanol–water partition coefficient (Wildman–Crippen LogP) is 3.31. The average Bonchev–Trinajstić information content (AvgIpc) is 2.56. The number of halogens is 1. The first-order valence-corrected chi connectivity index (χ1v) is 8.05. The van der Waals surface area contributed by atoms with Crippen LogP contribution in [0.3, 0.4) is 0 Å². The van der Waals surface area contributed by atoms with Crippen LogP contribution in [0.25, 0.3) is 0 Å². The third kappa shape index (κ3) is 5.92. The summed E-state index contributed by atoms with van der Waals surface area (Å²) in [6.45, 7) is 3.36. The molecule has 0 bridgehead atoms. The van der Waals surface area contributed by atoms with Crippen molar-refractivity contribution in [2.75, 3.05) is 20.2 Å². The van der Waals surface area contributed by atoms with E-state index in [2.05, 4.69) is 16.8 Å². The molecule has 0 amide bonds. The van der Waals surface area contributed by atoms with Gasteiger partial charge in [-0.15, -0.1) is 0 Å². The van der Waals surface area contributed by atoms with Gasteiger partial charge in [0.05, 0.1) is 25.0 Å². The first-order chi connectivity index (χ1) is 11.1. The minimum atomic E-state index is -0.543. The van der Waals surface area contributed by atoms with E-state index in [4.69, 9.17) is 16.3 Å². The Labute approximate surface area is 142 Å². The summed E-state index contributed by atoms with van der Waals surface area (Å²) in [4.78, 5) is 6.42. The number of benzene rings is 1. The monoisotopic (exact) mass is 334 g/mol.